The van der Waals surface area contributed by atoms with Gasteiger partial charge in [0.15, 0.2) is 5.92 Å². The Morgan fingerprint density at radius 3 is 2.05 bits per heavy atom. The van der Waals surface area contributed by atoms with Crippen LogP contribution >= 0.6 is 0 Å². The van der Waals surface area contributed by atoms with Crippen molar-refractivity contribution >= 4 is 11.9 Å². The quantitative estimate of drug-likeness (QED) is 0.656. The van der Waals surface area contributed by atoms with E-state index in [2.05, 4.69) is 0 Å². The number of benzene rings is 1. The SMILES string of the molecule is CC(C)(C)OC(=O)C(C(=O)O)C(N)c1cc(F)cc(F)c1. The molecule has 0 fully saturated rings. The highest BCUT2D eigenvalue weighted by molar-refractivity contribution is 5.95. The number of esters is 1. The Balaban J connectivity index is 3.10. The molecule has 0 aliphatic carbocycles. The monoisotopic (exact) mass is 301 g/mol. The van der Waals surface area contributed by atoms with Gasteiger partial charge in [-0.25, -0.2) is 8.78 Å². The highest BCUT2D eigenvalue weighted by Crippen LogP contribution is 2.24. The van der Waals surface area contributed by atoms with Gasteiger partial charge < -0.3 is 15.6 Å². The van der Waals surface area contributed by atoms with E-state index in [1.165, 1.54) is 0 Å². The van der Waals surface area contributed by atoms with Crippen molar-refractivity contribution in [3.8, 4) is 0 Å². The van der Waals surface area contributed by atoms with Crippen molar-refractivity contribution < 1.29 is 28.2 Å². The fourth-order valence-electron chi connectivity index (χ4n) is 1.73. The number of hydrogen-bond acceptors (Lipinski definition) is 4. The zero-order valence-electron chi connectivity index (χ0n) is 11.9. The molecule has 5 nitrogen and oxygen atoms in total. The lowest BCUT2D eigenvalue weighted by Crippen LogP contribution is -2.39. The molecule has 3 N–H and O–H groups in total. The van der Waals surface area contributed by atoms with Crippen LogP contribution in [0, 0.1) is 17.6 Å². The predicted octanol–water partition coefficient (Wildman–Crippen LogP) is 2.01. The lowest BCUT2D eigenvalue weighted by molar-refractivity contribution is -0.167. The summed E-state index contributed by atoms with van der Waals surface area (Å²) in [7, 11) is 0. The number of carboxylic acids is 1. The van der Waals surface area contributed by atoms with Gasteiger partial charge in [-0.3, -0.25) is 9.59 Å². The zero-order valence-corrected chi connectivity index (χ0v) is 11.9. The Labute approximate surface area is 120 Å². The van der Waals surface area contributed by atoms with E-state index in [1.807, 2.05) is 0 Å². The molecule has 0 spiro atoms. The minimum atomic E-state index is -1.76. The number of carbonyl (C=O) groups is 2. The summed E-state index contributed by atoms with van der Waals surface area (Å²) in [5.41, 5.74) is 4.64. The number of aliphatic carboxylic acids is 1. The lowest BCUT2D eigenvalue weighted by Gasteiger charge is -2.25. The highest BCUT2D eigenvalue weighted by atomic mass is 19.1. The first-order valence-electron chi connectivity index (χ1n) is 6.18. The van der Waals surface area contributed by atoms with Gasteiger partial charge in [-0.2, -0.15) is 0 Å². The Morgan fingerprint density at radius 2 is 1.67 bits per heavy atom. The Bertz CT molecular complexity index is 534. The standard InChI is InChI=1S/C14H17F2NO4/c1-14(2,3)21-13(20)10(12(18)19)11(17)7-4-8(15)6-9(16)5-7/h4-6,10-11H,17H2,1-3H3,(H,18,19). The van der Waals surface area contributed by atoms with E-state index in [9.17, 15) is 18.4 Å². The third-order valence-electron chi connectivity index (χ3n) is 2.56. The molecule has 0 heterocycles. The molecule has 0 saturated heterocycles. The molecule has 1 aromatic carbocycles. The van der Waals surface area contributed by atoms with Gasteiger partial charge in [-0.05, 0) is 38.5 Å². The molecule has 2 unspecified atom stereocenters. The van der Waals surface area contributed by atoms with Crippen LogP contribution in [0.2, 0.25) is 0 Å². The van der Waals surface area contributed by atoms with Crippen LogP contribution in [0.1, 0.15) is 32.4 Å². The van der Waals surface area contributed by atoms with Crippen molar-refractivity contribution in [2.75, 3.05) is 0 Å². The number of carbonyl (C=O) groups excluding carboxylic acids is 1. The first-order valence-corrected chi connectivity index (χ1v) is 6.18. The minimum Gasteiger partial charge on any atom is -0.481 e. The summed E-state index contributed by atoms with van der Waals surface area (Å²) >= 11 is 0. The zero-order chi connectivity index (χ0) is 16.4. The molecule has 0 aromatic heterocycles. The first kappa shape index (κ1) is 17.0. The Hall–Kier alpha value is -2.02. The van der Waals surface area contributed by atoms with E-state index in [4.69, 9.17) is 15.6 Å². The first-order chi connectivity index (χ1) is 9.51. The molecular weight excluding hydrogens is 284 g/mol. The maximum atomic E-state index is 13.2. The van der Waals surface area contributed by atoms with E-state index in [-0.39, 0.29) is 5.56 Å². The van der Waals surface area contributed by atoms with Gasteiger partial charge in [0.1, 0.15) is 17.2 Å². The fourth-order valence-corrected chi connectivity index (χ4v) is 1.73. The van der Waals surface area contributed by atoms with Gasteiger partial charge in [-0.1, -0.05) is 0 Å². The van der Waals surface area contributed by atoms with Gasteiger partial charge in [0.25, 0.3) is 0 Å². The average molecular weight is 301 g/mol. The second kappa shape index (κ2) is 6.17. The third-order valence-corrected chi connectivity index (χ3v) is 2.56. The maximum Gasteiger partial charge on any atom is 0.322 e. The Kier molecular flexibility index (Phi) is 5.01. The lowest BCUT2D eigenvalue weighted by atomic mass is 9.93. The molecule has 1 aromatic rings. The van der Waals surface area contributed by atoms with Crippen LogP contribution in [0.15, 0.2) is 18.2 Å². The predicted molar refractivity (Wildman–Crippen MR) is 70.3 cm³/mol. The van der Waals surface area contributed by atoms with Crippen LogP contribution in [0.4, 0.5) is 8.78 Å². The van der Waals surface area contributed by atoms with Crippen molar-refractivity contribution in [2.24, 2.45) is 11.7 Å². The van der Waals surface area contributed by atoms with Crippen molar-refractivity contribution in [2.45, 2.75) is 32.4 Å². The van der Waals surface area contributed by atoms with Gasteiger partial charge >= 0.3 is 11.9 Å². The van der Waals surface area contributed by atoms with Gasteiger partial charge in [-0.15, -0.1) is 0 Å². The van der Waals surface area contributed by atoms with E-state index in [0.717, 1.165) is 12.1 Å². The van der Waals surface area contributed by atoms with E-state index in [0.29, 0.717) is 6.07 Å². The smallest absolute Gasteiger partial charge is 0.322 e. The molecule has 21 heavy (non-hydrogen) atoms. The molecule has 0 radical (unpaired) electrons. The molecule has 0 aliphatic rings. The van der Waals surface area contributed by atoms with Gasteiger partial charge in [0.2, 0.25) is 0 Å². The molecule has 116 valence electrons. The third kappa shape index (κ3) is 4.78. The molecule has 0 aliphatic heterocycles. The fraction of sp³-hybridized carbons (Fsp3) is 0.429. The highest BCUT2D eigenvalue weighted by Gasteiger charge is 2.37. The number of rotatable bonds is 4. The normalized spacial score (nSPS) is 14.4. The van der Waals surface area contributed by atoms with E-state index >= 15 is 0 Å². The Morgan fingerprint density at radius 1 is 1.19 bits per heavy atom. The largest absolute Gasteiger partial charge is 0.481 e. The molecule has 0 bridgehead atoms. The summed E-state index contributed by atoms with van der Waals surface area (Å²) in [4.78, 5) is 23.2. The van der Waals surface area contributed by atoms with Crippen molar-refractivity contribution in [3.63, 3.8) is 0 Å². The van der Waals surface area contributed by atoms with Crippen molar-refractivity contribution in [3.05, 3.63) is 35.4 Å². The molecule has 2 atom stereocenters. The second-order valence-electron chi connectivity index (χ2n) is 5.58. The van der Waals surface area contributed by atoms with Crippen LogP contribution in [0.25, 0.3) is 0 Å². The number of hydrogen-bond donors (Lipinski definition) is 2. The van der Waals surface area contributed by atoms with Crippen molar-refractivity contribution in [1.82, 2.24) is 0 Å². The maximum absolute atomic E-state index is 13.2. The average Bonchev–Trinajstić information content (AvgIpc) is 2.24. The summed E-state index contributed by atoms with van der Waals surface area (Å²) in [5, 5.41) is 9.14. The topological polar surface area (TPSA) is 89.6 Å². The number of nitrogens with two attached hydrogens (primary N) is 1. The van der Waals surface area contributed by atoms with Crippen LogP contribution in [0.3, 0.4) is 0 Å². The number of carboxylic acid groups (broad SMARTS) is 1. The molecule has 7 heteroatoms. The molecule has 0 amide bonds. The number of ether oxygens (including phenoxy) is 1. The summed E-state index contributed by atoms with van der Waals surface area (Å²) < 4.78 is 31.3. The molecular formula is C14H17F2NO4. The van der Waals surface area contributed by atoms with Crippen LogP contribution < -0.4 is 5.73 Å². The summed E-state index contributed by atoms with van der Waals surface area (Å²) in [6.07, 6.45) is 0. The van der Waals surface area contributed by atoms with Crippen molar-refractivity contribution in [1.29, 1.82) is 0 Å². The molecule has 1 rings (SSSR count). The van der Waals surface area contributed by atoms with Gasteiger partial charge in [0.05, 0.1) is 6.04 Å². The second-order valence-corrected chi connectivity index (χ2v) is 5.58. The van der Waals surface area contributed by atoms with Gasteiger partial charge in [0, 0.05) is 6.07 Å². The summed E-state index contributed by atoms with van der Waals surface area (Å²) in [5.74, 6) is -6.17. The summed E-state index contributed by atoms with van der Waals surface area (Å²) in [6, 6.07) is 0.962. The number of halogens is 2. The minimum absolute atomic E-state index is 0.134. The van der Waals surface area contributed by atoms with Crippen LogP contribution in [0.5, 0.6) is 0 Å². The van der Waals surface area contributed by atoms with E-state index < -0.39 is 41.1 Å². The van der Waals surface area contributed by atoms with E-state index in [1.54, 1.807) is 20.8 Å². The molecule has 0 saturated carbocycles. The summed E-state index contributed by atoms with van der Waals surface area (Å²) in [6.45, 7) is 4.70. The van der Waals surface area contributed by atoms with Crippen LogP contribution in [-0.2, 0) is 14.3 Å². The van der Waals surface area contributed by atoms with Crippen LogP contribution in [-0.4, -0.2) is 22.6 Å².